The van der Waals surface area contributed by atoms with Gasteiger partial charge in [0.05, 0.1) is 18.0 Å². The fourth-order valence-electron chi connectivity index (χ4n) is 2.82. The summed E-state index contributed by atoms with van der Waals surface area (Å²) in [5, 5.41) is 2.92. The number of carbonyl (C=O) groups excluding carboxylic acids is 1. The SMILES string of the molecule is CC[C@@H](Oc1ccc(N(C)S(C)(=O)=O)cc1)C(=O)N[C@@H](C)COc1ccc(C)c(C)c1. The van der Waals surface area contributed by atoms with E-state index in [1.807, 2.05) is 45.9 Å². The van der Waals surface area contributed by atoms with Crippen LogP contribution in [0.15, 0.2) is 42.5 Å². The van der Waals surface area contributed by atoms with Crippen molar-refractivity contribution in [2.24, 2.45) is 0 Å². The zero-order chi connectivity index (χ0) is 23.2. The van der Waals surface area contributed by atoms with Crippen molar-refractivity contribution in [1.29, 1.82) is 0 Å². The number of benzene rings is 2. The molecule has 0 unspecified atom stereocenters. The Bertz CT molecular complexity index is 990. The van der Waals surface area contributed by atoms with Crippen LogP contribution < -0.4 is 19.1 Å². The Morgan fingerprint density at radius 1 is 1.06 bits per heavy atom. The monoisotopic (exact) mass is 448 g/mol. The van der Waals surface area contributed by atoms with Gasteiger partial charge >= 0.3 is 0 Å². The average Bonchev–Trinajstić information content (AvgIpc) is 2.72. The topological polar surface area (TPSA) is 84.9 Å². The molecular weight excluding hydrogens is 416 g/mol. The van der Waals surface area contributed by atoms with E-state index in [-0.39, 0.29) is 11.9 Å². The van der Waals surface area contributed by atoms with Crippen LogP contribution >= 0.6 is 0 Å². The van der Waals surface area contributed by atoms with Gasteiger partial charge in [0.2, 0.25) is 10.0 Å². The Morgan fingerprint density at radius 2 is 1.68 bits per heavy atom. The summed E-state index contributed by atoms with van der Waals surface area (Å²) in [5.74, 6) is 1.04. The van der Waals surface area contributed by atoms with Gasteiger partial charge in [-0.25, -0.2) is 8.42 Å². The highest BCUT2D eigenvalue weighted by Gasteiger charge is 2.21. The maximum atomic E-state index is 12.6. The van der Waals surface area contributed by atoms with Crippen LogP contribution in [-0.2, 0) is 14.8 Å². The van der Waals surface area contributed by atoms with E-state index in [1.54, 1.807) is 24.3 Å². The summed E-state index contributed by atoms with van der Waals surface area (Å²) < 4.78 is 36.1. The zero-order valence-electron chi connectivity index (χ0n) is 19.0. The summed E-state index contributed by atoms with van der Waals surface area (Å²) in [6.45, 7) is 8.16. The highest BCUT2D eigenvalue weighted by atomic mass is 32.2. The molecule has 2 rings (SSSR count). The minimum Gasteiger partial charge on any atom is -0.491 e. The maximum Gasteiger partial charge on any atom is 0.261 e. The summed E-state index contributed by atoms with van der Waals surface area (Å²) in [6.07, 6.45) is 0.962. The minimum atomic E-state index is -3.34. The molecule has 7 nitrogen and oxygen atoms in total. The molecule has 0 radical (unpaired) electrons. The van der Waals surface area contributed by atoms with Crippen molar-refractivity contribution in [3.63, 3.8) is 0 Å². The molecule has 2 aromatic carbocycles. The number of nitrogens with one attached hydrogen (secondary N) is 1. The van der Waals surface area contributed by atoms with Crippen LogP contribution in [0, 0.1) is 13.8 Å². The van der Waals surface area contributed by atoms with Gasteiger partial charge in [-0.15, -0.1) is 0 Å². The van der Waals surface area contributed by atoms with E-state index >= 15 is 0 Å². The van der Waals surface area contributed by atoms with Gasteiger partial charge < -0.3 is 14.8 Å². The van der Waals surface area contributed by atoms with Gasteiger partial charge in [-0.05, 0) is 74.7 Å². The van der Waals surface area contributed by atoms with Crippen LogP contribution in [-0.4, -0.2) is 46.4 Å². The normalized spacial score (nSPS) is 13.2. The second-order valence-electron chi connectivity index (χ2n) is 7.71. The molecule has 0 aliphatic rings. The third kappa shape index (κ3) is 7.17. The van der Waals surface area contributed by atoms with Gasteiger partial charge in [0.1, 0.15) is 18.1 Å². The molecule has 0 saturated carbocycles. The number of amides is 1. The molecule has 1 N–H and O–H groups in total. The van der Waals surface area contributed by atoms with Crippen LogP contribution in [0.2, 0.25) is 0 Å². The lowest BCUT2D eigenvalue weighted by Gasteiger charge is -2.21. The molecule has 1 amide bonds. The summed E-state index contributed by atoms with van der Waals surface area (Å²) in [5.41, 5.74) is 2.87. The summed E-state index contributed by atoms with van der Waals surface area (Å²) in [6, 6.07) is 12.3. The molecule has 0 aliphatic carbocycles. The number of hydrogen-bond donors (Lipinski definition) is 1. The smallest absolute Gasteiger partial charge is 0.261 e. The van der Waals surface area contributed by atoms with E-state index in [4.69, 9.17) is 9.47 Å². The van der Waals surface area contributed by atoms with Crippen molar-refractivity contribution < 1.29 is 22.7 Å². The van der Waals surface area contributed by atoms with Crippen molar-refractivity contribution in [3.8, 4) is 11.5 Å². The van der Waals surface area contributed by atoms with Crippen LogP contribution in [0.1, 0.15) is 31.4 Å². The summed E-state index contributed by atoms with van der Waals surface area (Å²) in [7, 11) is -1.86. The second-order valence-corrected chi connectivity index (χ2v) is 9.72. The maximum absolute atomic E-state index is 12.6. The molecular formula is C23H32N2O5S. The Labute approximate surface area is 185 Å². The predicted octanol–water partition coefficient (Wildman–Crippen LogP) is 3.44. The molecule has 0 aliphatic heterocycles. The summed E-state index contributed by atoms with van der Waals surface area (Å²) in [4.78, 5) is 12.6. The Morgan fingerprint density at radius 3 is 2.23 bits per heavy atom. The van der Waals surface area contributed by atoms with E-state index in [9.17, 15) is 13.2 Å². The van der Waals surface area contributed by atoms with Crippen molar-refractivity contribution in [2.45, 2.75) is 46.3 Å². The fraction of sp³-hybridized carbons (Fsp3) is 0.435. The molecule has 0 aromatic heterocycles. The van der Waals surface area contributed by atoms with Gasteiger partial charge in [0.15, 0.2) is 6.10 Å². The number of ether oxygens (including phenoxy) is 2. The lowest BCUT2D eigenvalue weighted by molar-refractivity contribution is -0.128. The van der Waals surface area contributed by atoms with Crippen LogP contribution in [0.5, 0.6) is 11.5 Å². The standard InChI is InChI=1S/C23H32N2O5S/c1-7-22(30-20-12-9-19(10-13-20)25(5)31(6,27)28)23(26)24-18(4)15-29-21-11-8-16(2)17(3)14-21/h8-14,18,22H,7,15H2,1-6H3,(H,24,26)/t18-,22+/m0/s1. The highest BCUT2D eigenvalue weighted by molar-refractivity contribution is 7.92. The number of anilines is 1. The first-order valence-electron chi connectivity index (χ1n) is 10.2. The van der Waals surface area contributed by atoms with E-state index in [0.717, 1.165) is 17.6 Å². The zero-order valence-corrected chi connectivity index (χ0v) is 19.8. The molecule has 0 fully saturated rings. The van der Waals surface area contributed by atoms with Crippen molar-refractivity contribution in [3.05, 3.63) is 53.6 Å². The van der Waals surface area contributed by atoms with E-state index in [0.29, 0.717) is 24.5 Å². The molecule has 2 atom stereocenters. The van der Waals surface area contributed by atoms with E-state index in [1.165, 1.54) is 16.9 Å². The van der Waals surface area contributed by atoms with Crippen molar-refractivity contribution >= 4 is 21.6 Å². The van der Waals surface area contributed by atoms with E-state index < -0.39 is 16.1 Å². The Hall–Kier alpha value is -2.74. The molecule has 0 bridgehead atoms. The fourth-order valence-corrected chi connectivity index (χ4v) is 3.32. The lowest BCUT2D eigenvalue weighted by Crippen LogP contribution is -2.44. The van der Waals surface area contributed by atoms with Crippen LogP contribution in [0.4, 0.5) is 5.69 Å². The van der Waals surface area contributed by atoms with Gasteiger partial charge in [-0.2, -0.15) is 0 Å². The van der Waals surface area contributed by atoms with Crippen molar-refractivity contribution in [1.82, 2.24) is 5.32 Å². The van der Waals surface area contributed by atoms with Gasteiger partial charge in [-0.1, -0.05) is 13.0 Å². The van der Waals surface area contributed by atoms with Crippen LogP contribution in [0.3, 0.4) is 0 Å². The molecule has 170 valence electrons. The third-order valence-corrected chi connectivity index (χ3v) is 6.21. The van der Waals surface area contributed by atoms with E-state index in [2.05, 4.69) is 5.32 Å². The number of carbonyl (C=O) groups is 1. The number of hydrogen-bond acceptors (Lipinski definition) is 5. The summed E-state index contributed by atoms with van der Waals surface area (Å²) >= 11 is 0. The predicted molar refractivity (Wildman–Crippen MR) is 123 cm³/mol. The Kier molecular flexibility index (Phi) is 8.33. The third-order valence-electron chi connectivity index (χ3n) is 5.01. The number of rotatable bonds is 10. The first kappa shape index (κ1) is 24.5. The van der Waals surface area contributed by atoms with Gasteiger partial charge in [-0.3, -0.25) is 9.10 Å². The number of sulfonamides is 1. The first-order chi connectivity index (χ1) is 14.5. The molecule has 8 heteroatoms. The largest absolute Gasteiger partial charge is 0.491 e. The molecule has 2 aromatic rings. The number of aryl methyl sites for hydroxylation is 2. The van der Waals surface area contributed by atoms with Gasteiger partial charge in [0, 0.05) is 7.05 Å². The molecule has 0 saturated heterocycles. The van der Waals surface area contributed by atoms with Gasteiger partial charge in [0.25, 0.3) is 5.91 Å². The van der Waals surface area contributed by atoms with Crippen LogP contribution in [0.25, 0.3) is 0 Å². The average molecular weight is 449 g/mol. The molecule has 31 heavy (non-hydrogen) atoms. The lowest BCUT2D eigenvalue weighted by atomic mass is 10.1. The highest BCUT2D eigenvalue weighted by Crippen LogP contribution is 2.21. The van der Waals surface area contributed by atoms with Crippen molar-refractivity contribution in [2.75, 3.05) is 24.2 Å². The number of nitrogens with zero attached hydrogens (tertiary/aromatic N) is 1. The Balaban J connectivity index is 1.91. The second kappa shape index (κ2) is 10.5. The quantitative estimate of drug-likeness (QED) is 0.602. The first-order valence-corrected chi connectivity index (χ1v) is 12.1. The molecule has 0 heterocycles. The minimum absolute atomic E-state index is 0.197. The molecule has 0 spiro atoms.